The maximum atomic E-state index is 12.5. The molecule has 0 saturated carbocycles. The average molecular weight is 299 g/mol. The summed E-state index contributed by atoms with van der Waals surface area (Å²) >= 11 is 6.12. The van der Waals surface area contributed by atoms with Crippen molar-refractivity contribution in [3.63, 3.8) is 0 Å². The van der Waals surface area contributed by atoms with Crippen molar-refractivity contribution in [2.24, 2.45) is 13.0 Å². The maximum Gasteiger partial charge on any atom is 0.258 e. The van der Waals surface area contributed by atoms with E-state index in [1.807, 2.05) is 0 Å². The van der Waals surface area contributed by atoms with E-state index in [2.05, 4.69) is 10.4 Å². The molecule has 1 fully saturated rings. The number of aryl methyl sites for hydroxylation is 2. The first-order valence-electron chi connectivity index (χ1n) is 6.65. The molecule has 1 N–H and O–H groups in total. The summed E-state index contributed by atoms with van der Waals surface area (Å²) in [6, 6.07) is 0. The monoisotopic (exact) mass is 298 g/mol. The largest absolute Gasteiger partial charge is 0.359 e. The molecule has 1 saturated heterocycles. The van der Waals surface area contributed by atoms with E-state index in [0.717, 1.165) is 0 Å². The Morgan fingerprint density at radius 2 is 1.95 bits per heavy atom. The molecule has 0 radical (unpaired) electrons. The van der Waals surface area contributed by atoms with Gasteiger partial charge in [-0.25, -0.2) is 0 Å². The van der Waals surface area contributed by atoms with Gasteiger partial charge in [0.1, 0.15) is 5.15 Å². The molecule has 2 heterocycles. The number of hydrogen-bond donors (Lipinski definition) is 1. The van der Waals surface area contributed by atoms with E-state index in [0.29, 0.717) is 42.3 Å². The highest BCUT2D eigenvalue weighted by Gasteiger charge is 2.30. The second-order valence-corrected chi connectivity index (χ2v) is 5.41. The summed E-state index contributed by atoms with van der Waals surface area (Å²) in [4.78, 5) is 25.8. The lowest BCUT2D eigenvalue weighted by molar-refractivity contribution is -0.125. The molecule has 0 aliphatic carbocycles. The van der Waals surface area contributed by atoms with Crippen molar-refractivity contribution in [2.45, 2.75) is 19.8 Å². The molecule has 0 bridgehead atoms. The molecule has 7 heteroatoms. The number of piperidine rings is 1. The number of likely N-dealkylation sites (tertiary alicyclic amines) is 1. The van der Waals surface area contributed by atoms with E-state index in [9.17, 15) is 9.59 Å². The highest BCUT2D eigenvalue weighted by molar-refractivity contribution is 6.33. The third kappa shape index (κ3) is 2.65. The third-order valence-electron chi connectivity index (χ3n) is 3.77. The molecule has 1 aromatic rings. The predicted molar refractivity (Wildman–Crippen MR) is 75.6 cm³/mol. The van der Waals surface area contributed by atoms with Crippen LogP contribution in [0.4, 0.5) is 0 Å². The Morgan fingerprint density at radius 1 is 1.35 bits per heavy atom. The zero-order chi connectivity index (χ0) is 14.9. The molecule has 1 aromatic heterocycles. The van der Waals surface area contributed by atoms with Crippen LogP contribution in [0.15, 0.2) is 0 Å². The molecule has 1 aliphatic rings. The summed E-state index contributed by atoms with van der Waals surface area (Å²) in [5, 5.41) is 7.17. The minimum atomic E-state index is -0.101. The number of carbonyl (C=O) groups is 2. The predicted octanol–water partition coefficient (Wildman–Crippen LogP) is 0.980. The van der Waals surface area contributed by atoms with E-state index in [-0.39, 0.29) is 17.7 Å². The van der Waals surface area contributed by atoms with E-state index < -0.39 is 0 Å². The SMILES string of the molecule is CNC(=O)C1CCN(C(=O)c2c(C)nn(C)c2Cl)CC1. The molecule has 0 atom stereocenters. The van der Waals surface area contributed by atoms with Gasteiger partial charge >= 0.3 is 0 Å². The maximum absolute atomic E-state index is 12.5. The first kappa shape index (κ1) is 14.8. The van der Waals surface area contributed by atoms with Crippen LogP contribution < -0.4 is 5.32 Å². The number of amides is 2. The van der Waals surface area contributed by atoms with Crippen LogP contribution in [0.5, 0.6) is 0 Å². The fourth-order valence-corrected chi connectivity index (χ4v) is 2.84. The van der Waals surface area contributed by atoms with Gasteiger partial charge in [-0.3, -0.25) is 14.3 Å². The highest BCUT2D eigenvalue weighted by atomic mass is 35.5. The smallest absolute Gasteiger partial charge is 0.258 e. The minimum absolute atomic E-state index is 0.00508. The molecule has 20 heavy (non-hydrogen) atoms. The lowest BCUT2D eigenvalue weighted by atomic mass is 9.95. The van der Waals surface area contributed by atoms with Gasteiger partial charge in [0.2, 0.25) is 5.91 Å². The van der Waals surface area contributed by atoms with Crippen LogP contribution in [0, 0.1) is 12.8 Å². The Kier molecular flexibility index (Phi) is 4.32. The van der Waals surface area contributed by atoms with Crippen molar-refractivity contribution in [1.82, 2.24) is 20.0 Å². The van der Waals surface area contributed by atoms with Gasteiger partial charge in [-0.05, 0) is 19.8 Å². The normalized spacial score (nSPS) is 16.3. The van der Waals surface area contributed by atoms with Crippen LogP contribution in [0.2, 0.25) is 5.15 Å². The Bertz CT molecular complexity index is 533. The summed E-state index contributed by atoms with van der Waals surface area (Å²) in [6.45, 7) is 2.92. The first-order valence-corrected chi connectivity index (χ1v) is 7.03. The summed E-state index contributed by atoms with van der Waals surface area (Å²) in [5.41, 5.74) is 1.10. The topological polar surface area (TPSA) is 67.2 Å². The van der Waals surface area contributed by atoms with E-state index in [1.165, 1.54) is 4.68 Å². The molecule has 2 amide bonds. The van der Waals surface area contributed by atoms with Crippen molar-refractivity contribution < 1.29 is 9.59 Å². The summed E-state index contributed by atoms with van der Waals surface area (Å²) < 4.78 is 1.50. The minimum Gasteiger partial charge on any atom is -0.359 e. The van der Waals surface area contributed by atoms with Crippen molar-refractivity contribution in [3.8, 4) is 0 Å². The molecule has 2 rings (SSSR count). The number of carbonyl (C=O) groups excluding carboxylic acids is 2. The van der Waals surface area contributed by atoms with Crippen molar-refractivity contribution in [3.05, 3.63) is 16.4 Å². The van der Waals surface area contributed by atoms with Crippen molar-refractivity contribution in [1.29, 1.82) is 0 Å². The second kappa shape index (κ2) is 5.83. The van der Waals surface area contributed by atoms with Gasteiger partial charge in [0.05, 0.1) is 11.3 Å². The summed E-state index contributed by atoms with van der Waals surface area (Å²) in [5.74, 6) is -0.0573. The Morgan fingerprint density at radius 3 is 2.40 bits per heavy atom. The van der Waals surface area contributed by atoms with Crippen LogP contribution in [0.1, 0.15) is 28.9 Å². The molecular weight excluding hydrogens is 280 g/mol. The van der Waals surface area contributed by atoms with Gasteiger partial charge in [0.15, 0.2) is 0 Å². The molecule has 1 aliphatic heterocycles. The Hall–Kier alpha value is -1.56. The number of aromatic nitrogens is 2. The Balaban J connectivity index is 2.07. The molecule has 110 valence electrons. The van der Waals surface area contributed by atoms with Crippen LogP contribution in [0.3, 0.4) is 0 Å². The lowest BCUT2D eigenvalue weighted by Gasteiger charge is -2.31. The third-order valence-corrected chi connectivity index (χ3v) is 4.20. The van der Waals surface area contributed by atoms with Crippen LogP contribution in [0.25, 0.3) is 0 Å². The standard InChI is InChI=1S/C13H19ClN4O2/c1-8-10(11(14)17(3)16-8)13(20)18-6-4-9(5-7-18)12(19)15-2/h9H,4-7H2,1-3H3,(H,15,19). The fraction of sp³-hybridized carbons (Fsp3) is 0.615. The highest BCUT2D eigenvalue weighted by Crippen LogP contribution is 2.24. The number of rotatable bonds is 2. The van der Waals surface area contributed by atoms with E-state index in [1.54, 1.807) is 25.9 Å². The van der Waals surface area contributed by atoms with Gasteiger partial charge < -0.3 is 10.2 Å². The number of hydrogen-bond acceptors (Lipinski definition) is 3. The van der Waals surface area contributed by atoms with Gasteiger partial charge in [-0.2, -0.15) is 5.10 Å². The van der Waals surface area contributed by atoms with Crippen molar-refractivity contribution in [2.75, 3.05) is 20.1 Å². The molecule has 0 aromatic carbocycles. The molecule has 0 spiro atoms. The summed E-state index contributed by atoms with van der Waals surface area (Å²) in [7, 11) is 3.35. The zero-order valence-corrected chi connectivity index (χ0v) is 12.7. The molecular formula is C13H19ClN4O2. The zero-order valence-electron chi connectivity index (χ0n) is 11.9. The molecule has 0 unspecified atom stereocenters. The van der Waals surface area contributed by atoms with Crippen LogP contribution >= 0.6 is 11.6 Å². The number of nitrogens with zero attached hydrogens (tertiary/aromatic N) is 3. The molecule has 6 nitrogen and oxygen atoms in total. The van der Waals surface area contributed by atoms with Gasteiger partial charge in [-0.1, -0.05) is 11.6 Å². The van der Waals surface area contributed by atoms with Gasteiger partial charge in [0.25, 0.3) is 5.91 Å². The Labute approximate surface area is 123 Å². The second-order valence-electron chi connectivity index (χ2n) is 5.06. The quantitative estimate of drug-likeness (QED) is 0.885. The average Bonchev–Trinajstić information content (AvgIpc) is 2.71. The van der Waals surface area contributed by atoms with Crippen LogP contribution in [-0.2, 0) is 11.8 Å². The number of nitrogens with one attached hydrogen (secondary N) is 1. The first-order chi connectivity index (χ1) is 9.45. The van der Waals surface area contributed by atoms with Gasteiger partial charge in [-0.15, -0.1) is 0 Å². The van der Waals surface area contributed by atoms with Gasteiger partial charge in [0, 0.05) is 33.1 Å². The lowest BCUT2D eigenvalue weighted by Crippen LogP contribution is -2.42. The number of halogens is 1. The van der Waals surface area contributed by atoms with Crippen LogP contribution in [-0.4, -0.2) is 46.6 Å². The van der Waals surface area contributed by atoms with E-state index >= 15 is 0 Å². The summed E-state index contributed by atoms with van der Waals surface area (Å²) in [6.07, 6.45) is 1.37. The fourth-order valence-electron chi connectivity index (χ4n) is 2.58. The van der Waals surface area contributed by atoms with Crippen molar-refractivity contribution >= 4 is 23.4 Å². The van der Waals surface area contributed by atoms with E-state index in [4.69, 9.17) is 11.6 Å².